The van der Waals surface area contributed by atoms with E-state index in [0.717, 1.165) is 22.3 Å². The molecule has 2 aromatic carbocycles. The van der Waals surface area contributed by atoms with Gasteiger partial charge in [-0.15, -0.1) is 0 Å². The van der Waals surface area contributed by atoms with Crippen LogP contribution >= 0.6 is 0 Å². The fraction of sp³-hybridized carbons (Fsp3) is 0.381. The first-order valence-electron chi connectivity index (χ1n) is 9.43. The minimum atomic E-state index is -3.67. The minimum Gasteiger partial charge on any atom is -0.325 e. The molecule has 2 aromatic rings. The summed E-state index contributed by atoms with van der Waals surface area (Å²) in [5.41, 5.74) is 4.86. The van der Waals surface area contributed by atoms with Crippen LogP contribution in [0.1, 0.15) is 28.7 Å². The number of anilines is 1. The second kappa shape index (κ2) is 8.43. The lowest BCUT2D eigenvalue weighted by molar-refractivity contribution is -0.116. The number of carbonyl (C=O) groups excluding carboxylic acids is 1. The van der Waals surface area contributed by atoms with Crippen molar-refractivity contribution < 1.29 is 13.2 Å². The van der Waals surface area contributed by atoms with Crippen molar-refractivity contribution in [2.75, 3.05) is 25.0 Å². The molecule has 1 N–H and O–H groups in total. The number of hydrogen-bond donors (Lipinski definition) is 1. The molecule has 3 rings (SSSR count). The third-order valence-corrected chi connectivity index (χ3v) is 6.70. The predicted octanol–water partition coefficient (Wildman–Crippen LogP) is 3.00. The summed E-state index contributed by atoms with van der Waals surface area (Å²) in [5, 5.41) is 2.82. The Labute approximate surface area is 167 Å². The number of nitrogens with zero attached hydrogens (tertiary/aromatic N) is 2. The second-order valence-corrected chi connectivity index (χ2v) is 9.37. The van der Waals surface area contributed by atoms with Crippen LogP contribution in [-0.4, -0.2) is 42.6 Å². The van der Waals surface area contributed by atoms with Crippen molar-refractivity contribution in [3.8, 4) is 0 Å². The third-order valence-electron chi connectivity index (χ3n) is 4.77. The van der Waals surface area contributed by atoms with E-state index in [2.05, 4.69) is 5.32 Å². The van der Waals surface area contributed by atoms with Gasteiger partial charge >= 0.3 is 0 Å². The van der Waals surface area contributed by atoms with Crippen molar-refractivity contribution in [2.24, 2.45) is 0 Å². The molecule has 1 saturated heterocycles. The van der Waals surface area contributed by atoms with E-state index in [1.807, 2.05) is 63.2 Å². The van der Waals surface area contributed by atoms with E-state index in [1.54, 1.807) is 0 Å². The highest BCUT2D eigenvalue weighted by atomic mass is 32.2. The van der Waals surface area contributed by atoms with Crippen LogP contribution < -0.4 is 5.32 Å². The zero-order chi connectivity index (χ0) is 20.3. The summed E-state index contributed by atoms with van der Waals surface area (Å²) >= 11 is 0. The fourth-order valence-electron chi connectivity index (χ4n) is 3.44. The molecule has 0 radical (unpaired) electrons. The Morgan fingerprint density at radius 2 is 1.54 bits per heavy atom. The van der Waals surface area contributed by atoms with E-state index in [4.69, 9.17) is 0 Å². The van der Waals surface area contributed by atoms with Gasteiger partial charge in [-0.25, -0.2) is 0 Å². The van der Waals surface area contributed by atoms with Gasteiger partial charge in [-0.1, -0.05) is 35.9 Å². The molecule has 1 fully saturated rings. The standard InChI is InChI=1S/C21H27N3O3S/c1-16-5-7-19(8-6-16)14-23-9-4-10-24(28(23,26)27)15-21(25)22-20-12-17(2)11-18(3)13-20/h5-8,11-13H,4,9-10,14-15H2,1-3H3,(H,22,25). The molecule has 7 heteroatoms. The molecular weight excluding hydrogens is 374 g/mol. The number of carbonyl (C=O) groups is 1. The zero-order valence-corrected chi connectivity index (χ0v) is 17.4. The molecule has 1 aliphatic rings. The van der Waals surface area contributed by atoms with Gasteiger partial charge in [-0.05, 0) is 56.0 Å². The largest absolute Gasteiger partial charge is 0.325 e. The average Bonchev–Trinajstić information content (AvgIpc) is 2.59. The topological polar surface area (TPSA) is 69.7 Å². The minimum absolute atomic E-state index is 0.181. The Morgan fingerprint density at radius 1 is 0.929 bits per heavy atom. The van der Waals surface area contributed by atoms with Crippen LogP contribution in [0.2, 0.25) is 0 Å². The summed E-state index contributed by atoms with van der Waals surface area (Å²) in [7, 11) is -3.67. The van der Waals surface area contributed by atoms with Gasteiger partial charge in [0, 0.05) is 25.3 Å². The Bertz CT molecular complexity index is 935. The maximum absolute atomic E-state index is 13.0. The van der Waals surface area contributed by atoms with Gasteiger partial charge in [-0.2, -0.15) is 17.0 Å². The smallest absolute Gasteiger partial charge is 0.282 e. The predicted molar refractivity (Wildman–Crippen MR) is 111 cm³/mol. The Balaban J connectivity index is 1.67. The highest BCUT2D eigenvalue weighted by Gasteiger charge is 2.34. The van der Waals surface area contributed by atoms with Crippen LogP contribution in [-0.2, 0) is 21.5 Å². The SMILES string of the molecule is Cc1ccc(CN2CCCN(CC(=O)Nc3cc(C)cc(C)c3)S2(=O)=O)cc1. The van der Waals surface area contributed by atoms with Crippen molar-refractivity contribution in [1.29, 1.82) is 0 Å². The molecule has 0 bridgehead atoms. The first-order valence-corrected chi connectivity index (χ1v) is 10.8. The molecule has 0 aliphatic carbocycles. The van der Waals surface area contributed by atoms with E-state index in [9.17, 15) is 13.2 Å². The summed E-state index contributed by atoms with van der Waals surface area (Å²) in [6.45, 7) is 6.87. The number of rotatable bonds is 5. The zero-order valence-electron chi connectivity index (χ0n) is 16.6. The quantitative estimate of drug-likeness (QED) is 0.837. The van der Waals surface area contributed by atoms with Crippen LogP contribution in [0.3, 0.4) is 0 Å². The molecule has 0 saturated carbocycles. The lowest BCUT2D eigenvalue weighted by Crippen LogP contribution is -2.51. The maximum atomic E-state index is 13.0. The molecule has 0 unspecified atom stereocenters. The van der Waals surface area contributed by atoms with Gasteiger partial charge in [-0.3, -0.25) is 4.79 Å². The maximum Gasteiger partial charge on any atom is 0.282 e. The lowest BCUT2D eigenvalue weighted by Gasteiger charge is -2.34. The Hall–Kier alpha value is -2.22. The van der Waals surface area contributed by atoms with E-state index >= 15 is 0 Å². The van der Waals surface area contributed by atoms with Crippen LogP contribution in [0.15, 0.2) is 42.5 Å². The van der Waals surface area contributed by atoms with Gasteiger partial charge in [0.1, 0.15) is 0 Å². The van der Waals surface area contributed by atoms with Crippen molar-refractivity contribution >= 4 is 21.8 Å². The summed E-state index contributed by atoms with van der Waals surface area (Å²) in [4.78, 5) is 12.5. The average molecular weight is 402 g/mol. The van der Waals surface area contributed by atoms with Gasteiger partial charge in [0.05, 0.1) is 6.54 Å². The van der Waals surface area contributed by atoms with Gasteiger partial charge in [0.2, 0.25) is 5.91 Å². The summed E-state index contributed by atoms with van der Waals surface area (Å²) in [6.07, 6.45) is 0.696. The molecule has 6 nitrogen and oxygen atoms in total. The Morgan fingerprint density at radius 3 is 2.18 bits per heavy atom. The molecule has 1 amide bonds. The van der Waals surface area contributed by atoms with Crippen molar-refractivity contribution in [2.45, 2.75) is 33.7 Å². The lowest BCUT2D eigenvalue weighted by atomic mass is 10.1. The molecule has 0 atom stereocenters. The van der Waals surface area contributed by atoms with Crippen molar-refractivity contribution in [3.05, 3.63) is 64.7 Å². The monoisotopic (exact) mass is 401 g/mol. The third kappa shape index (κ3) is 4.98. The van der Waals surface area contributed by atoms with E-state index in [1.165, 1.54) is 8.61 Å². The normalized spacial score (nSPS) is 17.4. The highest BCUT2D eigenvalue weighted by Crippen LogP contribution is 2.20. The van der Waals surface area contributed by atoms with E-state index in [-0.39, 0.29) is 12.5 Å². The van der Waals surface area contributed by atoms with Crippen LogP contribution in [0.4, 0.5) is 5.69 Å². The van der Waals surface area contributed by atoms with Gasteiger partial charge < -0.3 is 5.32 Å². The first kappa shape index (κ1) is 20.5. The molecule has 150 valence electrons. The summed E-state index contributed by atoms with van der Waals surface area (Å²) in [6, 6.07) is 13.6. The molecular formula is C21H27N3O3S. The second-order valence-electron chi connectivity index (χ2n) is 7.44. The van der Waals surface area contributed by atoms with E-state index in [0.29, 0.717) is 31.7 Å². The number of aryl methyl sites for hydroxylation is 3. The number of benzene rings is 2. The van der Waals surface area contributed by atoms with Crippen LogP contribution in [0, 0.1) is 20.8 Å². The molecule has 0 aromatic heterocycles. The number of nitrogens with one attached hydrogen (secondary N) is 1. The van der Waals surface area contributed by atoms with Gasteiger partial charge in [0.25, 0.3) is 10.2 Å². The summed E-state index contributed by atoms with van der Waals surface area (Å²) in [5.74, 6) is -0.328. The van der Waals surface area contributed by atoms with Gasteiger partial charge in [0.15, 0.2) is 0 Å². The molecule has 0 spiro atoms. The van der Waals surface area contributed by atoms with Crippen molar-refractivity contribution in [3.63, 3.8) is 0 Å². The Kier molecular flexibility index (Phi) is 6.17. The molecule has 1 aliphatic heterocycles. The molecule has 1 heterocycles. The number of amides is 1. The summed E-state index contributed by atoms with van der Waals surface area (Å²) < 4.78 is 28.6. The molecule has 28 heavy (non-hydrogen) atoms. The fourth-order valence-corrected chi connectivity index (χ4v) is 5.08. The van der Waals surface area contributed by atoms with E-state index < -0.39 is 10.2 Å². The number of hydrogen-bond acceptors (Lipinski definition) is 3. The van der Waals surface area contributed by atoms with Crippen molar-refractivity contribution in [1.82, 2.24) is 8.61 Å². The first-order chi connectivity index (χ1) is 13.2. The van der Waals surface area contributed by atoms with Crippen LogP contribution in [0.25, 0.3) is 0 Å². The highest BCUT2D eigenvalue weighted by molar-refractivity contribution is 7.86. The van der Waals surface area contributed by atoms with Crippen LogP contribution in [0.5, 0.6) is 0 Å².